The van der Waals surface area contributed by atoms with Gasteiger partial charge in [0.2, 0.25) is 0 Å². The highest BCUT2D eigenvalue weighted by molar-refractivity contribution is 4.56. The average molecular weight is 202 g/mol. The van der Waals surface area contributed by atoms with Gasteiger partial charge in [-0.15, -0.1) is 0 Å². The van der Waals surface area contributed by atoms with Gasteiger partial charge in [-0.05, 0) is 12.8 Å². The smallest absolute Gasteiger partial charge is 0.0805 e. The summed E-state index contributed by atoms with van der Waals surface area (Å²) < 4.78 is 5.56. The van der Waals surface area contributed by atoms with Crippen LogP contribution in [0.4, 0.5) is 0 Å². The van der Waals surface area contributed by atoms with Crippen molar-refractivity contribution in [2.45, 2.75) is 64.9 Å². The minimum absolute atomic E-state index is 0.0819. The van der Waals surface area contributed by atoms with Crippen molar-refractivity contribution < 1.29 is 9.84 Å². The summed E-state index contributed by atoms with van der Waals surface area (Å²) >= 11 is 0. The highest BCUT2D eigenvalue weighted by Crippen LogP contribution is 2.08. The van der Waals surface area contributed by atoms with Gasteiger partial charge in [0, 0.05) is 6.61 Å². The normalized spacial score (nSPS) is 13.1. The molecule has 0 saturated carbocycles. The van der Waals surface area contributed by atoms with Crippen LogP contribution in [0.25, 0.3) is 0 Å². The second-order valence-electron chi connectivity index (χ2n) is 3.88. The Morgan fingerprint density at radius 3 is 2.29 bits per heavy atom. The Morgan fingerprint density at radius 2 is 1.71 bits per heavy atom. The zero-order valence-electron chi connectivity index (χ0n) is 9.80. The molecule has 0 aromatic rings. The van der Waals surface area contributed by atoms with Crippen LogP contribution < -0.4 is 0 Å². The molecule has 1 N–H and O–H groups in total. The van der Waals surface area contributed by atoms with Gasteiger partial charge < -0.3 is 9.84 Å². The first-order chi connectivity index (χ1) is 6.85. The maximum atomic E-state index is 9.06. The summed E-state index contributed by atoms with van der Waals surface area (Å²) in [5.74, 6) is 0. The van der Waals surface area contributed by atoms with Crippen LogP contribution in [0.2, 0.25) is 0 Å². The average Bonchev–Trinajstić information content (AvgIpc) is 2.22. The van der Waals surface area contributed by atoms with Gasteiger partial charge in [0.05, 0.1) is 12.7 Å². The molecular formula is C12H26O2. The van der Waals surface area contributed by atoms with Gasteiger partial charge in [0.1, 0.15) is 0 Å². The van der Waals surface area contributed by atoms with E-state index in [1.807, 2.05) is 0 Å². The molecule has 14 heavy (non-hydrogen) atoms. The third kappa shape index (κ3) is 8.52. The molecule has 0 aliphatic heterocycles. The summed E-state index contributed by atoms with van der Waals surface area (Å²) in [6, 6.07) is 0. The lowest BCUT2D eigenvalue weighted by molar-refractivity contribution is 0.00551. The summed E-state index contributed by atoms with van der Waals surface area (Å²) in [4.78, 5) is 0. The molecule has 0 rings (SSSR count). The summed E-state index contributed by atoms with van der Waals surface area (Å²) in [5.41, 5.74) is 0. The lowest BCUT2D eigenvalue weighted by atomic mass is 10.1. The standard InChI is InChI=1S/C12H26O2/c1-3-5-7-8-9-12(11-13)14-10-6-4-2/h12-13H,3-11H2,1-2H3. The van der Waals surface area contributed by atoms with Crippen LogP contribution in [0.1, 0.15) is 58.8 Å². The Morgan fingerprint density at radius 1 is 1.00 bits per heavy atom. The first kappa shape index (κ1) is 13.9. The van der Waals surface area contributed by atoms with E-state index in [-0.39, 0.29) is 12.7 Å². The highest BCUT2D eigenvalue weighted by atomic mass is 16.5. The van der Waals surface area contributed by atoms with Gasteiger partial charge in [0.15, 0.2) is 0 Å². The zero-order valence-corrected chi connectivity index (χ0v) is 9.80. The Balaban J connectivity index is 3.28. The van der Waals surface area contributed by atoms with Crippen molar-refractivity contribution in [3.05, 3.63) is 0 Å². The lowest BCUT2D eigenvalue weighted by Crippen LogP contribution is -2.18. The topological polar surface area (TPSA) is 29.5 Å². The van der Waals surface area contributed by atoms with Crippen LogP contribution in [-0.2, 0) is 4.74 Å². The summed E-state index contributed by atoms with van der Waals surface area (Å²) in [6.07, 6.45) is 8.38. The number of unbranched alkanes of at least 4 members (excludes halogenated alkanes) is 4. The summed E-state index contributed by atoms with van der Waals surface area (Å²) in [5, 5.41) is 9.06. The molecule has 0 aromatic carbocycles. The predicted octanol–water partition coefficient (Wildman–Crippen LogP) is 3.13. The Labute approximate surface area is 88.7 Å². The monoisotopic (exact) mass is 202 g/mol. The van der Waals surface area contributed by atoms with E-state index in [0.717, 1.165) is 25.9 Å². The third-order valence-corrected chi connectivity index (χ3v) is 2.43. The van der Waals surface area contributed by atoms with Crippen LogP contribution >= 0.6 is 0 Å². The molecule has 0 aliphatic carbocycles. The van der Waals surface area contributed by atoms with Crippen molar-refractivity contribution >= 4 is 0 Å². The number of ether oxygens (including phenoxy) is 1. The first-order valence-corrected chi connectivity index (χ1v) is 6.07. The van der Waals surface area contributed by atoms with E-state index in [9.17, 15) is 0 Å². The van der Waals surface area contributed by atoms with Crippen LogP contribution in [0.15, 0.2) is 0 Å². The number of aliphatic hydroxyl groups is 1. The minimum atomic E-state index is 0.0819. The predicted molar refractivity (Wildman–Crippen MR) is 60.5 cm³/mol. The van der Waals surface area contributed by atoms with Crippen molar-refractivity contribution in [2.75, 3.05) is 13.2 Å². The van der Waals surface area contributed by atoms with E-state index in [2.05, 4.69) is 13.8 Å². The van der Waals surface area contributed by atoms with Crippen LogP contribution in [0, 0.1) is 0 Å². The SMILES string of the molecule is CCCCCCC(CO)OCCCC. The Kier molecular flexibility index (Phi) is 10.9. The number of rotatable bonds is 10. The molecule has 0 aliphatic rings. The van der Waals surface area contributed by atoms with Gasteiger partial charge in [-0.2, -0.15) is 0 Å². The molecule has 86 valence electrons. The third-order valence-electron chi connectivity index (χ3n) is 2.43. The molecule has 0 spiro atoms. The second-order valence-corrected chi connectivity index (χ2v) is 3.88. The molecule has 2 nitrogen and oxygen atoms in total. The fourth-order valence-corrected chi connectivity index (χ4v) is 1.42. The zero-order chi connectivity index (χ0) is 10.6. The largest absolute Gasteiger partial charge is 0.394 e. The number of hydrogen-bond donors (Lipinski definition) is 1. The van der Waals surface area contributed by atoms with E-state index in [0.29, 0.717) is 0 Å². The fourth-order valence-electron chi connectivity index (χ4n) is 1.42. The molecular weight excluding hydrogens is 176 g/mol. The number of hydrogen-bond acceptors (Lipinski definition) is 2. The molecule has 0 saturated heterocycles. The van der Waals surface area contributed by atoms with Crippen molar-refractivity contribution in [3.63, 3.8) is 0 Å². The summed E-state index contributed by atoms with van der Waals surface area (Å²) in [7, 11) is 0. The van der Waals surface area contributed by atoms with Crippen LogP contribution in [0.3, 0.4) is 0 Å². The van der Waals surface area contributed by atoms with Crippen molar-refractivity contribution in [1.82, 2.24) is 0 Å². The molecule has 0 aromatic heterocycles. The lowest BCUT2D eigenvalue weighted by Gasteiger charge is -2.14. The molecule has 2 heteroatoms. The summed E-state index contributed by atoms with van der Waals surface area (Å²) in [6.45, 7) is 5.34. The van der Waals surface area contributed by atoms with E-state index in [4.69, 9.17) is 9.84 Å². The van der Waals surface area contributed by atoms with Crippen molar-refractivity contribution in [1.29, 1.82) is 0 Å². The number of aliphatic hydroxyl groups excluding tert-OH is 1. The van der Waals surface area contributed by atoms with E-state index in [1.54, 1.807) is 0 Å². The Bertz CT molecular complexity index is 104. The van der Waals surface area contributed by atoms with Crippen LogP contribution in [-0.4, -0.2) is 24.4 Å². The molecule has 0 amide bonds. The quantitative estimate of drug-likeness (QED) is 0.551. The van der Waals surface area contributed by atoms with Gasteiger partial charge in [-0.25, -0.2) is 0 Å². The van der Waals surface area contributed by atoms with Gasteiger partial charge in [-0.3, -0.25) is 0 Å². The van der Waals surface area contributed by atoms with Crippen molar-refractivity contribution in [2.24, 2.45) is 0 Å². The Hall–Kier alpha value is -0.0800. The van der Waals surface area contributed by atoms with Crippen LogP contribution in [0.5, 0.6) is 0 Å². The van der Waals surface area contributed by atoms with Crippen molar-refractivity contribution in [3.8, 4) is 0 Å². The van der Waals surface area contributed by atoms with E-state index >= 15 is 0 Å². The molecule has 0 fully saturated rings. The van der Waals surface area contributed by atoms with Gasteiger partial charge in [-0.1, -0.05) is 46.0 Å². The van der Waals surface area contributed by atoms with Gasteiger partial charge >= 0.3 is 0 Å². The van der Waals surface area contributed by atoms with Gasteiger partial charge in [0.25, 0.3) is 0 Å². The molecule has 1 atom stereocenters. The maximum absolute atomic E-state index is 9.06. The molecule has 1 unspecified atom stereocenters. The van der Waals surface area contributed by atoms with E-state index in [1.165, 1.54) is 25.7 Å². The maximum Gasteiger partial charge on any atom is 0.0805 e. The first-order valence-electron chi connectivity index (χ1n) is 6.07. The second kappa shape index (κ2) is 11.0. The minimum Gasteiger partial charge on any atom is -0.394 e. The molecule has 0 bridgehead atoms. The fraction of sp³-hybridized carbons (Fsp3) is 1.00. The molecule has 0 radical (unpaired) electrons. The molecule has 0 heterocycles. The highest BCUT2D eigenvalue weighted by Gasteiger charge is 2.06. The van der Waals surface area contributed by atoms with E-state index < -0.39 is 0 Å².